The molecule has 25 heavy (non-hydrogen) atoms. The van der Waals surface area contributed by atoms with E-state index in [9.17, 15) is 23.2 Å². The van der Waals surface area contributed by atoms with E-state index in [1.54, 1.807) is 7.05 Å². The number of fused-ring (bicyclic) bond motifs is 4. The van der Waals surface area contributed by atoms with Crippen molar-refractivity contribution in [1.82, 2.24) is 25.1 Å². The smallest absolute Gasteiger partial charge is 0.475 e. The second kappa shape index (κ2) is 5.54. The van der Waals surface area contributed by atoms with Gasteiger partial charge in [-0.1, -0.05) is 0 Å². The molecular formula is C12H13F2N5O6. The van der Waals surface area contributed by atoms with Crippen molar-refractivity contribution in [3.05, 3.63) is 17.5 Å². The molecule has 1 aromatic heterocycles. The number of carbonyl (C=O) groups is 3. The normalized spacial score (nSPS) is 22.1. The SMILES string of the molecule is Cn1ncc2c1C(CNC(=O)O)N1CC2N(OC(F)(F)C(=O)O)C1=O. The summed E-state index contributed by atoms with van der Waals surface area (Å²) < 4.78 is 28.2. The lowest BCUT2D eigenvalue weighted by molar-refractivity contribution is -0.328. The number of amides is 3. The Labute approximate surface area is 138 Å². The van der Waals surface area contributed by atoms with Gasteiger partial charge >= 0.3 is 24.2 Å². The van der Waals surface area contributed by atoms with Crippen molar-refractivity contribution in [2.24, 2.45) is 7.05 Å². The van der Waals surface area contributed by atoms with Gasteiger partial charge in [-0.2, -0.15) is 23.8 Å². The number of aliphatic carboxylic acids is 1. The molecule has 3 rings (SSSR count). The third-order valence-electron chi connectivity index (χ3n) is 4.06. The van der Waals surface area contributed by atoms with Gasteiger partial charge in [-0.05, 0) is 0 Å². The van der Waals surface area contributed by atoms with Gasteiger partial charge in [-0.15, -0.1) is 0 Å². The number of hydroxylamine groups is 2. The molecule has 1 fully saturated rings. The van der Waals surface area contributed by atoms with Crippen molar-refractivity contribution in [1.29, 1.82) is 0 Å². The molecule has 3 heterocycles. The Morgan fingerprint density at radius 2 is 2.16 bits per heavy atom. The third-order valence-corrected chi connectivity index (χ3v) is 4.06. The minimum atomic E-state index is -4.59. The van der Waals surface area contributed by atoms with E-state index in [1.807, 2.05) is 0 Å². The zero-order valence-electron chi connectivity index (χ0n) is 12.7. The van der Waals surface area contributed by atoms with Crippen LogP contribution in [0.4, 0.5) is 18.4 Å². The van der Waals surface area contributed by atoms with E-state index in [2.05, 4.69) is 15.3 Å². The fraction of sp³-hybridized carbons (Fsp3) is 0.500. The molecule has 0 aromatic carbocycles. The van der Waals surface area contributed by atoms with Gasteiger partial charge in [-0.3, -0.25) is 4.68 Å². The Morgan fingerprint density at radius 3 is 2.76 bits per heavy atom. The number of rotatable bonds is 5. The van der Waals surface area contributed by atoms with Crippen LogP contribution in [0.5, 0.6) is 0 Å². The van der Waals surface area contributed by atoms with Crippen molar-refractivity contribution in [3.63, 3.8) is 0 Å². The Hall–Kier alpha value is -2.96. The summed E-state index contributed by atoms with van der Waals surface area (Å²) in [6.45, 7) is -0.261. The first-order valence-electron chi connectivity index (χ1n) is 7.02. The highest BCUT2D eigenvalue weighted by molar-refractivity contribution is 5.79. The molecule has 2 aliphatic heterocycles. The monoisotopic (exact) mass is 361 g/mol. The standard InChI is InChI=1S/C12H13F2N5O6/c1-17-8-5(2-16-17)7-4-18(6(8)3-15-10(22)23)11(24)19(7)25-12(13,14)9(20)21/h2,6-7,15H,3-4H2,1H3,(H,20,21)(H,22,23). The predicted molar refractivity (Wildman–Crippen MR) is 72.3 cm³/mol. The Balaban J connectivity index is 1.96. The molecule has 3 amide bonds. The maximum Gasteiger partial charge on any atom is 0.476 e. The number of halogens is 2. The number of carboxylic acid groups (broad SMARTS) is 2. The zero-order chi connectivity index (χ0) is 18.5. The minimum Gasteiger partial charge on any atom is -0.475 e. The molecular weight excluding hydrogens is 348 g/mol. The van der Waals surface area contributed by atoms with Gasteiger partial charge in [-0.25, -0.2) is 14.4 Å². The molecule has 136 valence electrons. The predicted octanol–water partition coefficient (Wildman–Crippen LogP) is 0.130. The topological polar surface area (TPSA) is 137 Å². The summed E-state index contributed by atoms with van der Waals surface area (Å²) in [6.07, 6.45) is -4.56. The number of aryl methyl sites for hydroxylation is 1. The quantitative estimate of drug-likeness (QED) is 0.678. The summed E-state index contributed by atoms with van der Waals surface area (Å²) in [5, 5.41) is 23.7. The molecule has 0 saturated carbocycles. The summed E-state index contributed by atoms with van der Waals surface area (Å²) in [7, 11) is 1.56. The zero-order valence-corrected chi connectivity index (χ0v) is 12.7. The number of carbonyl (C=O) groups excluding carboxylic acids is 1. The van der Waals surface area contributed by atoms with E-state index in [0.29, 0.717) is 16.3 Å². The maximum absolute atomic E-state index is 13.4. The van der Waals surface area contributed by atoms with E-state index in [4.69, 9.17) is 10.2 Å². The number of urea groups is 1. The first kappa shape index (κ1) is 16.9. The average molecular weight is 361 g/mol. The van der Waals surface area contributed by atoms with E-state index >= 15 is 0 Å². The molecule has 2 aliphatic rings. The summed E-state index contributed by atoms with van der Waals surface area (Å²) in [5.41, 5.74) is 0.825. The van der Waals surface area contributed by atoms with Crippen molar-refractivity contribution in [2.75, 3.05) is 13.1 Å². The number of alkyl halides is 2. The summed E-state index contributed by atoms with van der Waals surface area (Å²) in [4.78, 5) is 39.0. The number of nitrogens with zero attached hydrogens (tertiary/aromatic N) is 4. The fourth-order valence-corrected chi connectivity index (χ4v) is 3.02. The van der Waals surface area contributed by atoms with Gasteiger partial charge in [0.1, 0.15) is 6.04 Å². The number of carboxylic acids is 1. The Kier molecular flexibility index (Phi) is 3.74. The van der Waals surface area contributed by atoms with Crippen LogP contribution < -0.4 is 5.32 Å². The lowest BCUT2D eigenvalue weighted by atomic mass is 9.98. The van der Waals surface area contributed by atoms with Gasteiger partial charge in [0.25, 0.3) is 0 Å². The van der Waals surface area contributed by atoms with Gasteiger partial charge in [0, 0.05) is 19.2 Å². The van der Waals surface area contributed by atoms with E-state index in [-0.39, 0.29) is 13.1 Å². The highest BCUT2D eigenvalue weighted by Gasteiger charge is 2.55. The summed E-state index contributed by atoms with van der Waals surface area (Å²) in [5.74, 6) is -2.53. The van der Waals surface area contributed by atoms with Gasteiger partial charge in [0.15, 0.2) is 0 Å². The molecule has 3 N–H and O–H groups in total. The van der Waals surface area contributed by atoms with E-state index in [1.165, 1.54) is 10.9 Å². The van der Waals surface area contributed by atoms with Crippen molar-refractivity contribution in [2.45, 2.75) is 18.2 Å². The molecule has 13 heteroatoms. The molecule has 2 unspecified atom stereocenters. The average Bonchev–Trinajstić information content (AvgIpc) is 3.02. The maximum atomic E-state index is 13.4. The van der Waals surface area contributed by atoms with Crippen LogP contribution in [0.25, 0.3) is 0 Å². The lowest BCUT2D eigenvalue weighted by Gasteiger charge is -2.31. The van der Waals surface area contributed by atoms with Gasteiger partial charge in [0.05, 0.1) is 24.5 Å². The van der Waals surface area contributed by atoms with Crippen molar-refractivity contribution >= 4 is 18.1 Å². The first-order chi connectivity index (χ1) is 11.6. The molecule has 1 saturated heterocycles. The molecule has 2 bridgehead atoms. The number of hydrogen-bond acceptors (Lipinski definition) is 5. The largest absolute Gasteiger partial charge is 0.476 e. The second-order valence-electron chi connectivity index (χ2n) is 5.50. The molecule has 1 aromatic rings. The lowest BCUT2D eigenvalue weighted by Crippen LogP contribution is -2.43. The van der Waals surface area contributed by atoms with E-state index < -0.39 is 36.3 Å². The van der Waals surface area contributed by atoms with Crippen molar-refractivity contribution < 1.29 is 38.2 Å². The van der Waals surface area contributed by atoms with Gasteiger partial charge < -0.3 is 20.4 Å². The Bertz CT molecular complexity index is 752. The molecule has 0 aliphatic carbocycles. The van der Waals surface area contributed by atoms with Crippen LogP contribution in [0.1, 0.15) is 23.3 Å². The number of hydrogen-bond donors (Lipinski definition) is 3. The van der Waals surface area contributed by atoms with Crippen molar-refractivity contribution in [3.8, 4) is 0 Å². The minimum absolute atomic E-state index is 0.0702. The fourth-order valence-electron chi connectivity index (χ4n) is 3.02. The Morgan fingerprint density at radius 1 is 1.48 bits per heavy atom. The van der Waals surface area contributed by atoms with E-state index in [0.717, 1.165) is 4.90 Å². The van der Waals surface area contributed by atoms with Gasteiger partial charge in [0.2, 0.25) is 0 Å². The summed E-state index contributed by atoms with van der Waals surface area (Å²) in [6, 6.07) is -2.77. The molecule has 2 atom stereocenters. The second-order valence-corrected chi connectivity index (χ2v) is 5.50. The van der Waals surface area contributed by atoms with Crippen LogP contribution in [0.15, 0.2) is 6.20 Å². The van der Waals surface area contributed by atoms with Crippen LogP contribution in [-0.4, -0.2) is 67.2 Å². The molecule has 0 radical (unpaired) electrons. The van der Waals surface area contributed by atoms with Crippen LogP contribution >= 0.6 is 0 Å². The summed E-state index contributed by atoms with van der Waals surface area (Å²) >= 11 is 0. The number of aromatic nitrogens is 2. The van der Waals surface area contributed by atoms with Crippen LogP contribution in [0.3, 0.4) is 0 Å². The third kappa shape index (κ3) is 2.61. The van der Waals surface area contributed by atoms with Crippen LogP contribution in [-0.2, 0) is 16.7 Å². The molecule has 11 nitrogen and oxygen atoms in total. The number of nitrogens with one attached hydrogen (secondary N) is 1. The highest BCUT2D eigenvalue weighted by atomic mass is 19.3. The molecule has 0 spiro atoms. The van der Waals surface area contributed by atoms with Crippen LogP contribution in [0.2, 0.25) is 0 Å². The van der Waals surface area contributed by atoms with Crippen LogP contribution in [0, 0.1) is 0 Å². The highest BCUT2D eigenvalue weighted by Crippen LogP contribution is 2.44. The first-order valence-corrected chi connectivity index (χ1v) is 7.02.